The standard InChI is InChI=1S/C13H21N5/c1-10-11(8-14)12(18(3)17-10)16-9-13(2)4-6-15-7-5-13/h15-16H,4-7,9H2,1-3H3. The molecule has 0 spiro atoms. The summed E-state index contributed by atoms with van der Waals surface area (Å²) in [6, 6.07) is 2.23. The normalized spacial score (nSPS) is 18.3. The molecule has 0 aromatic carbocycles. The van der Waals surface area contributed by atoms with E-state index in [0.29, 0.717) is 11.0 Å². The first kappa shape index (κ1) is 12.9. The molecule has 0 atom stereocenters. The number of nitrogens with zero attached hydrogens (tertiary/aromatic N) is 3. The van der Waals surface area contributed by atoms with Crippen molar-refractivity contribution in [3.63, 3.8) is 0 Å². The van der Waals surface area contributed by atoms with Gasteiger partial charge in [0.15, 0.2) is 0 Å². The van der Waals surface area contributed by atoms with Crippen molar-refractivity contribution in [2.75, 3.05) is 25.0 Å². The fourth-order valence-corrected chi connectivity index (χ4v) is 2.50. The maximum Gasteiger partial charge on any atom is 0.142 e. The second-order valence-electron chi connectivity index (χ2n) is 5.46. The average Bonchev–Trinajstić information content (AvgIpc) is 2.61. The van der Waals surface area contributed by atoms with Crippen molar-refractivity contribution in [2.45, 2.75) is 26.7 Å². The fraction of sp³-hybridized carbons (Fsp3) is 0.692. The van der Waals surface area contributed by atoms with E-state index in [2.05, 4.69) is 28.7 Å². The number of piperidine rings is 1. The first-order chi connectivity index (χ1) is 8.56. The molecule has 0 amide bonds. The summed E-state index contributed by atoms with van der Waals surface area (Å²) in [5, 5.41) is 20.2. The van der Waals surface area contributed by atoms with Gasteiger partial charge in [0.2, 0.25) is 0 Å². The summed E-state index contributed by atoms with van der Waals surface area (Å²) >= 11 is 0. The third kappa shape index (κ3) is 2.49. The van der Waals surface area contributed by atoms with E-state index in [0.717, 1.165) is 31.1 Å². The Morgan fingerprint density at radius 2 is 2.17 bits per heavy atom. The molecule has 0 saturated carbocycles. The first-order valence-corrected chi connectivity index (χ1v) is 6.44. The van der Waals surface area contributed by atoms with E-state index < -0.39 is 0 Å². The van der Waals surface area contributed by atoms with Gasteiger partial charge in [-0.1, -0.05) is 6.92 Å². The highest BCUT2D eigenvalue weighted by Gasteiger charge is 2.27. The number of anilines is 1. The fourth-order valence-electron chi connectivity index (χ4n) is 2.50. The number of hydrogen-bond acceptors (Lipinski definition) is 4. The zero-order chi connectivity index (χ0) is 13.2. The Morgan fingerprint density at radius 3 is 2.78 bits per heavy atom. The molecule has 1 saturated heterocycles. The van der Waals surface area contributed by atoms with Gasteiger partial charge in [-0.2, -0.15) is 10.4 Å². The monoisotopic (exact) mass is 247 g/mol. The van der Waals surface area contributed by atoms with E-state index >= 15 is 0 Å². The summed E-state index contributed by atoms with van der Waals surface area (Å²) in [4.78, 5) is 0. The van der Waals surface area contributed by atoms with Crippen LogP contribution in [0.15, 0.2) is 0 Å². The molecule has 5 nitrogen and oxygen atoms in total. The summed E-state index contributed by atoms with van der Waals surface area (Å²) in [5.74, 6) is 0.842. The predicted octanol–water partition coefficient (Wildman–Crippen LogP) is 1.40. The Kier molecular flexibility index (Phi) is 3.58. The smallest absolute Gasteiger partial charge is 0.142 e. The van der Waals surface area contributed by atoms with Gasteiger partial charge in [-0.3, -0.25) is 4.68 Å². The summed E-state index contributed by atoms with van der Waals surface area (Å²) in [6.07, 6.45) is 2.33. The molecule has 1 aliphatic heterocycles. The molecular weight excluding hydrogens is 226 g/mol. The third-order valence-corrected chi connectivity index (χ3v) is 3.83. The van der Waals surface area contributed by atoms with E-state index in [1.54, 1.807) is 4.68 Å². The van der Waals surface area contributed by atoms with Gasteiger partial charge in [0.25, 0.3) is 0 Å². The lowest BCUT2D eigenvalue weighted by molar-refractivity contribution is 0.247. The van der Waals surface area contributed by atoms with Crippen LogP contribution in [0, 0.1) is 23.7 Å². The summed E-state index contributed by atoms with van der Waals surface area (Å²) < 4.78 is 1.76. The van der Waals surface area contributed by atoms with Crippen LogP contribution in [0.25, 0.3) is 0 Å². The molecule has 1 aliphatic rings. The molecule has 2 N–H and O–H groups in total. The molecule has 0 aliphatic carbocycles. The van der Waals surface area contributed by atoms with Gasteiger partial charge >= 0.3 is 0 Å². The van der Waals surface area contributed by atoms with Crippen LogP contribution in [0.1, 0.15) is 31.0 Å². The Balaban J connectivity index is 2.08. The van der Waals surface area contributed by atoms with Crippen LogP contribution in [0.4, 0.5) is 5.82 Å². The van der Waals surface area contributed by atoms with Crippen molar-refractivity contribution >= 4 is 5.82 Å². The van der Waals surface area contributed by atoms with Gasteiger partial charge in [0, 0.05) is 13.6 Å². The second kappa shape index (κ2) is 4.99. The van der Waals surface area contributed by atoms with Gasteiger partial charge in [-0.15, -0.1) is 0 Å². The van der Waals surface area contributed by atoms with Gasteiger partial charge < -0.3 is 10.6 Å². The molecule has 1 aromatic heterocycles. The van der Waals surface area contributed by atoms with E-state index in [-0.39, 0.29) is 0 Å². The Labute approximate surface area is 108 Å². The topological polar surface area (TPSA) is 65.7 Å². The molecule has 5 heteroatoms. The summed E-state index contributed by atoms with van der Waals surface area (Å²) in [5.41, 5.74) is 1.75. The molecule has 1 fully saturated rings. The SMILES string of the molecule is Cc1nn(C)c(NCC2(C)CCNCC2)c1C#N. The Bertz CT molecular complexity index is 462. The molecule has 18 heavy (non-hydrogen) atoms. The quantitative estimate of drug-likeness (QED) is 0.847. The molecule has 0 unspecified atom stereocenters. The number of rotatable bonds is 3. The van der Waals surface area contributed by atoms with Crippen LogP contribution in [-0.4, -0.2) is 29.4 Å². The van der Waals surface area contributed by atoms with Crippen molar-refractivity contribution in [2.24, 2.45) is 12.5 Å². The maximum atomic E-state index is 9.16. The number of nitrogens with one attached hydrogen (secondary N) is 2. The van der Waals surface area contributed by atoms with Crippen molar-refractivity contribution in [3.05, 3.63) is 11.3 Å². The Morgan fingerprint density at radius 1 is 1.50 bits per heavy atom. The van der Waals surface area contributed by atoms with Crippen LogP contribution in [-0.2, 0) is 7.05 Å². The molecule has 2 heterocycles. The highest BCUT2D eigenvalue weighted by atomic mass is 15.3. The molecule has 2 rings (SSSR count). The van der Waals surface area contributed by atoms with Crippen LogP contribution < -0.4 is 10.6 Å². The van der Waals surface area contributed by atoms with E-state index in [1.165, 1.54) is 12.8 Å². The molecule has 98 valence electrons. The lowest BCUT2D eigenvalue weighted by Gasteiger charge is -2.34. The number of nitriles is 1. The zero-order valence-corrected chi connectivity index (χ0v) is 11.4. The zero-order valence-electron chi connectivity index (χ0n) is 11.4. The summed E-state index contributed by atoms with van der Waals surface area (Å²) in [7, 11) is 1.88. The van der Waals surface area contributed by atoms with Gasteiger partial charge in [0.1, 0.15) is 17.5 Å². The lowest BCUT2D eigenvalue weighted by atomic mass is 9.81. The van der Waals surface area contributed by atoms with Crippen LogP contribution in [0.5, 0.6) is 0 Å². The van der Waals surface area contributed by atoms with Gasteiger partial charge in [0.05, 0.1) is 5.69 Å². The van der Waals surface area contributed by atoms with Crippen molar-refractivity contribution in [1.29, 1.82) is 5.26 Å². The van der Waals surface area contributed by atoms with Crippen LogP contribution >= 0.6 is 0 Å². The van der Waals surface area contributed by atoms with Crippen LogP contribution in [0.2, 0.25) is 0 Å². The minimum absolute atomic E-state index is 0.302. The molecular formula is C13H21N5. The van der Waals surface area contributed by atoms with Crippen molar-refractivity contribution in [3.8, 4) is 6.07 Å². The van der Waals surface area contributed by atoms with E-state index in [1.807, 2.05) is 14.0 Å². The largest absolute Gasteiger partial charge is 0.369 e. The molecule has 1 aromatic rings. The van der Waals surface area contributed by atoms with Crippen LogP contribution in [0.3, 0.4) is 0 Å². The van der Waals surface area contributed by atoms with Crippen molar-refractivity contribution in [1.82, 2.24) is 15.1 Å². The Hall–Kier alpha value is -1.54. The van der Waals surface area contributed by atoms with Crippen molar-refractivity contribution < 1.29 is 0 Å². The number of aryl methyl sites for hydroxylation is 2. The van der Waals surface area contributed by atoms with Gasteiger partial charge in [-0.05, 0) is 38.3 Å². The molecule has 0 radical (unpaired) electrons. The lowest BCUT2D eigenvalue weighted by Crippen LogP contribution is -2.39. The third-order valence-electron chi connectivity index (χ3n) is 3.83. The van der Waals surface area contributed by atoms with Gasteiger partial charge in [-0.25, -0.2) is 0 Å². The average molecular weight is 247 g/mol. The highest BCUT2D eigenvalue weighted by Crippen LogP contribution is 2.29. The number of aromatic nitrogens is 2. The molecule has 0 bridgehead atoms. The van der Waals surface area contributed by atoms with E-state index in [9.17, 15) is 0 Å². The second-order valence-corrected chi connectivity index (χ2v) is 5.46. The highest BCUT2D eigenvalue weighted by molar-refractivity contribution is 5.55. The van der Waals surface area contributed by atoms with E-state index in [4.69, 9.17) is 5.26 Å². The maximum absolute atomic E-state index is 9.16. The minimum atomic E-state index is 0.302. The minimum Gasteiger partial charge on any atom is -0.369 e. The number of hydrogen-bond donors (Lipinski definition) is 2. The summed E-state index contributed by atoms with van der Waals surface area (Å²) in [6.45, 7) is 7.22. The predicted molar refractivity (Wildman–Crippen MR) is 71.4 cm³/mol. The first-order valence-electron chi connectivity index (χ1n) is 6.44.